The van der Waals surface area contributed by atoms with Gasteiger partial charge in [0.1, 0.15) is 5.25 Å². The summed E-state index contributed by atoms with van der Waals surface area (Å²) in [5.41, 5.74) is 0.601. The second-order valence-electron chi connectivity index (χ2n) is 6.54. The lowest BCUT2D eigenvalue weighted by Gasteiger charge is -2.27. The number of benzene rings is 1. The molecule has 0 spiro atoms. The largest absolute Gasteiger partial charge is 0.352 e. The molecule has 0 bridgehead atoms. The number of rotatable bonds is 5. The second kappa shape index (κ2) is 7.67. The topological polar surface area (TPSA) is 63.2 Å². The van der Waals surface area contributed by atoms with Crippen LogP contribution in [0.5, 0.6) is 0 Å². The fourth-order valence-electron chi connectivity index (χ4n) is 2.87. The first-order valence-electron chi connectivity index (χ1n) is 8.04. The normalized spacial score (nSPS) is 23.3. The average molecular weight is 358 g/mol. The van der Waals surface area contributed by atoms with Gasteiger partial charge in [0.05, 0.1) is 5.75 Å². The molecular formula is C17H24ClNO3S. The monoisotopic (exact) mass is 357 g/mol. The van der Waals surface area contributed by atoms with E-state index < -0.39 is 21.0 Å². The lowest BCUT2D eigenvalue weighted by molar-refractivity contribution is -0.121. The van der Waals surface area contributed by atoms with Gasteiger partial charge in [-0.05, 0) is 56.2 Å². The molecular weight excluding hydrogens is 334 g/mol. The van der Waals surface area contributed by atoms with Crippen molar-refractivity contribution in [3.8, 4) is 0 Å². The minimum absolute atomic E-state index is 0.0996. The van der Waals surface area contributed by atoms with E-state index in [0.717, 1.165) is 25.7 Å². The molecule has 0 radical (unpaired) electrons. The third-order valence-corrected chi connectivity index (χ3v) is 6.79. The van der Waals surface area contributed by atoms with Crippen molar-refractivity contribution in [1.82, 2.24) is 5.32 Å². The first-order valence-corrected chi connectivity index (χ1v) is 10.1. The van der Waals surface area contributed by atoms with Gasteiger partial charge in [-0.2, -0.15) is 0 Å². The van der Waals surface area contributed by atoms with E-state index in [2.05, 4.69) is 12.2 Å². The van der Waals surface area contributed by atoms with Crippen molar-refractivity contribution in [2.45, 2.75) is 56.6 Å². The molecule has 6 heteroatoms. The smallest absolute Gasteiger partial charge is 0.238 e. The molecule has 1 saturated carbocycles. The number of nitrogens with one attached hydrogen (secondary N) is 1. The maximum atomic E-state index is 12.4. The molecule has 1 aromatic carbocycles. The Morgan fingerprint density at radius 3 is 2.57 bits per heavy atom. The molecule has 1 atom stereocenters. The Morgan fingerprint density at radius 1 is 1.30 bits per heavy atom. The first kappa shape index (κ1) is 18.3. The number of hydrogen-bond acceptors (Lipinski definition) is 3. The van der Waals surface area contributed by atoms with Crippen LogP contribution >= 0.6 is 11.6 Å². The molecule has 4 nitrogen and oxygen atoms in total. The van der Waals surface area contributed by atoms with Gasteiger partial charge in [-0.1, -0.05) is 30.7 Å². The molecule has 1 aliphatic rings. The third kappa shape index (κ3) is 5.21. The molecule has 2 rings (SSSR count). The summed E-state index contributed by atoms with van der Waals surface area (Å²) < 4.78 is 24.9. The quantitative estimate of drug-likeness (QED) is 0.879. The van der Waals surface area contributed by atoms with Gasteiger partial charge in [-0.25, -0.2) is 8.42 Å². The predicted molar refractivity (Wildman–Crippen MR) is 93.1 cm³/mol. The zero-order valence-electron chi connectivity index (χ0n) is 13.6. The highest BCUT2D eigenvalue weighted by molar-refractivity contribution is 7.92. The Bertz CT molecular complexity index is 652. The lowest BCUT2D eigenvalue weighted by atomic mass is 9.87. The summed E-state index contributed by atoms with van der Waals surface area (Å²) >= 11 is 5.88. The maximum absolute atomic E-state index is 12.4. The summed E-state index contributed by atoms with van der Waals surface area (Å²) in [5, 5.41) is 2.34. The number of halogens is 1. The Kier molecular flexibility index (Phi) is 6.09. The SMILES string of the molecule is CC1CCC(NC(=O)C(C)S(=O)(=O)Cc2cccc(Cl)c2)CC1. The summed E-state index contributed by atoms with van der Waals surface area (Å²) in [6.45, 7) is 3.66. The van der Waals surface area contributed by atoms with Crippen LogP contribution in [0.4, 0.5) is 0 Å². The van der Waals surface area contributed by atoms with E-state index in [9.17, 15) is 13.2 Å². The second-order valence-corrected chi connectivity index (χ2v) is 9.30. The molecule has 1 unspecified atom stereocenters. The lowest BCUT2D eigenvalue weighted by Crippen LogP contribution is -2.44. The molecule has 1 fully saturated rings. The standard InChI is InChI=1S/C17H24ClNO3S/c1-12-6-8-16(9-7-12)19-17(20)13(2)23(21,22)11-14-4-3-5-15(18)10-14/h3-5,10,12-13,16H,6-9,11H2,1-2H3,(H,19,20). The van der Waals surface area contributed by atoms with Crippen molar-refractivity contribution in [3.05, 3.63) is 34.9 Å². The molecule has 0 aliphatic heterocycles. The van der Waals surface area contributed by atoms with Crippen LogP contribution in [0.25, 0.3) is 0 Å². The molecule has 0 heterocycles. The summed E-state index contributed by atoms with van der Waals surface area (Å²) in [6.07, 6.45) is 4.01. The molecule has 1 amide bonds. The number of hydrogen-bond donors (Lipinski definition) is 1. The molecule has 0 saturated heterocycles. The number of sulfone groups is 1. The van der Waals surface area contributed by atoms with Crippen LogP contribution < -0.4 is 5.32 Å². The fraction of sp³-hybridized carbons (Fsp3) is 0.588. The van der Waals surface area contributed by atoms with Gasteiger partial charge >= 0.3 is 0 Å². The van der Waals surface area contributed by atoms with E-state index >= 15 is 0 Å². The van der Waals surface area contributed by atoms with E-state index in [1.165, 1.54) is 6.92 Å². The van der Waals surface area contributed by atoms with E-state index in [4.69, 9.17) is 11.6 Å². The Labute approximate surface area is 143 Å². The highest BCUT2D eigenvalue weighted by Crippen LogP contribution is 2.24. The maximum Gasteiger partial charge on any atom is 0.238 e. The summed E-state index contributed by atoms with van der Waals surface area (Å²) in [5.74, 6) is 0.114. The summed E-state index contributed by atoms with van der Waals surface area (Å²) in [6, 6.07) is 6.82. The zero-order valence-corrected chi connectivity index (χ0v) is 15.2. The number of carbonyl (C=O) groups is 1. The van der Waals surface area contributed by atoms with Crippen LogP contribution in [-0.2, 0) is 20.4 Å². The van der Waals surface area contributed by atoms with Crippen LogP contribution in [0.15, 0.2) is 24.3 Å². The van der Waals surface area contributed by atoms with Crippen LogP contribution in [0.2, 0.25) is 5.02 Å². The van der Waals surface area contributed by atoms with Gasteiger partial charge in [-0.3, -0.25) is 4.79 Å². The van der Waals surface area contributed by atoms with Crippen molar-refractivity contribution in [2.24, 2.45) is 5.92 Å². The van der Waals surface area contributed by atoms with Gasteiger partial charge < -0.3 is 5.32 Å². The van der Waals surface area contributed by atoms with Gasteiger partial charge in [-0.15, -0.1) is 0 Å². The Balaban J connectivity index is 1.97. The zero-order chi connectivity index (χ0) is 17.0. The van der Waals surface area contributed by atoms with Gasteiger partial charge in [0, 0.05) is 11.1 Å². The van der Waals surface area contributed by atoms with Crippen molar-refractivity contribution >= 4 is 27.3 Å². The Morgan fingerprint density at radius 2 is 1.96 bits per heavy atom. The highest BCUT2D eigenvalue weighted by Gasteiger charge is 2.30. The van der Waals surface area contributed by atoms with Crippen molar-refractivity contribution in [1.29, 1.82) is 0 Å². The fourth-order valence-corrected chi connectivity index (χ4v) is 4.37. The van der Waals surface area contributed by atoms with E-state index in [1.54, 1.807) is 24.3 Å². The van der Waals surface area contributed by atoms with E-state index in [-0.39, 0.29) is 11.8 Å². The minimum atomic E-state index is -3.56. The van der Waals surface area contributed by atoms with Gasteiger partial charge in [0.15, 0.2) is 9.84 Å². The molecule has 0 aromatic heterocycles. The summed E-state index contributed by atoms with van der Waals surface area (Å²) in [7, 11) is -3.56. The molecule has 1 aromatic rings. The predicted octanol–water partition coefficient (Wildman–Crippen LogP) is 3.34. The highest BCUT2D eigenvalue weighted by atomic mass is 35.5. The van der Waals surface area contributed by atoms with E-state index in [0.29, 0.717) is 16.5 Å². The number of amides is 1. The molecule has 1 N–H and O–H groups in total. The van der Waals surface area contributed by atoms with Crippen molar-refractivity contribution < 1.29 is 13.2 Å². The molecule has 128 valence electrons. The van der Waals surface area contributed by atoms with Crippen molar-refractivity contribution in [2.75, 3.05) is 0 Å². The average Bonchev–Trinajstić information content (AvgIpc) is 2.48. The third-order valence-electron chi connectivity index (χ3n) is 4.53. The molecule has 23 heavy (non-hydrogen) atoms. The van der Waals surface area contributed by atoms with Crippen LogP contribution in [0.3, 0.4) is 0 Å². The van der Waals surface area contributed by atoms with Crippen LogP contribution in [0.1, 0.15) is 45.1 Å². The minimum Gasteiger partial charge on any atom is -0.352 e. The van der Waals surface area contributed by atoms with Crippen LogP contribution in [-0.4, -0.2) is 25.6 Å². The van der Waals surface area contributed by atoms with E-state index in [1.807, 2.05) is 0 Å². The van der Waals surface area contributed by atoms with Gasteiger partial charge in [0.25, 0.3) is 0 Å². The number of carbonyl (C=O) groups excluding carboxylic acids is 1. The molecule has 1 aliphatic carbocycles. The summed E-state index contributed by atoms with van der Waals surface area (Å²) in [4.78, 5) is 12.3. The van der Waals surface area contributed by atoms with Gasteiger partial charge in [0.2, 0.25) is 5.91 Å². The first-order chi connectivity index (χ1) is 10.8. The Hall–Kier alpha value is -1.07. The van der Waals surface area contributed by atoms with Crippen LogP contribution in [0, 0.1) is 5.92 Å². The van der Waals surface area contributed by atoms with Crippen molar-refractivity contribution in [3.63, 3.8) is 0 Å².